The molecule has 3 heterocycles. The molecule has 1 saturated heterocycles. The minimum Gasteiger partial charge on any atom is -0.341 e. The lowest BCUT2D eigenvalue weighted by Crippen LogP contribution is -2.22. The fourth-order valence-electron chi connectivity index (χ4n) is 3.35. The molecule has 134 valence electrons. The first-order chi connectivity index (χ1) is 12.9. The number of hydrogen-bond acceptors (Lipinski definition) is 7. The van der Waals surface area contributed by atoms with Crippen molar-refractivity contribution in [3.8, 4) is 5.69 Å². The molecular formula is C17H20N8S. The van der Waals surface area contributed by atoms with Gasteiger partial charge in [0.2, 0.25) is 5.95 Å². The summed E-state index contributed by atoms with van der Waals surface area (Å²) in [6.07, 6.45) is 4.92. The van der Waals surface area contributed by atoms with Crippen LogP contribution in [0.4, 0.5) is 5.95 Å². The predicted octanol–water partition coefficient (Wildman–Crippen LogP) is 2.48. The molecule has 0 N–H and O–H groups in total. The first-order valence-electron chi connectivity index (χ1n) is 9.05. The molecule has 2 aliphatic rings. The number of anilines is 1. The van der Waals surface area contributed by atoms with Gasteiger partial charge in [0.25, 0.3) is 0 Å². The molecule has 1 aromatic carbocycles. The average Bonchev–Trinajstić information content (AvgIpc) is 3.09. The second kappa shape index (κ2) is 6.71. The average molecular weight is 368 g/mol. The molecule has 2 aromatic heterocycles. The minimum absolute atomic E-state index is 0.549. The normalized spacial score (nSPS) is 17.2. The lowest BCUT2D eigenvalue weighted by atomic mass is 10.3. The zero-order valence-electron chi connectivity index (χ0n) is 14.4. The standard InChI is InChI=1S/C17H20N8S/c1-2-6-14(7-3-1)25-15(18-21-22-25)12-26-17-20-19-16(23-10-4-5-11-23)24(17)13-8-9-13/h1-3,6-7,13H,4-5,8-12H2. The summed E-state index contributed by atoms with van der Waals surface area (Å²) < 4.78 is 4.11. The first kappa shape index (κ1) is 15.8. The number of aromatic nitrogens is 7. The lowest BCUT2D eigenvalue weighted by Gasteiger charge is -2.17. The van der Waals surface area contributed by atoms with Gasteiger partial charge in [-0.1, -0.05) is 30.0 Å². The van der Waals surface area contributed by atoms with Crippen LogP contribution >= 0.6 is 11.8 Å². The van der Waals surface area contributed by atoms with E-state index in [1.54, 1.807) is 16.4 Å². The monoisotopic (exact) mass is 368 g/mol. The summed E-state index contributed by atoms with van der Waals surface area (Å²) in [5, 5.41) is 22.1. The predicted molar refractivity (Wildman–Crippen MR) is 98.5 cm³/mol. The van der Waals surface area contributed by atoms with Gasteiger partial charge in [-0.05, 0) is 48.2 Å². The maximum absolute atomic E-state index is 4.50. The molecule has 1 aliphatic carbocycles. The minimum atomic E-state index is 0.549. The number of benzene rings is 1. The highest BCUT2D eigenvalue weighted by atomic mass is 32.2. The van der Waals surface area contributed by atoms with E-state index in [1.807, 2.05) is 30.3 Å². The molecule has 0 bridgehead atoms. The SMILES string of the molecule is c1ccc(-n2nnnc2CSc2nnc(N3CCCC3)n2C2CC2)cc1. The van der Waals surface area contributed by atoms with Gasteiger partial charge in [0.1, 0.15) is 0 Å². The van der Waals surface area contributed by atoms with Crippen LogP contribution in [0.15, 0.2) is 35.5 Å². The van der Waals surface area contributed by atoms with E-state index in [2.05, 4.69) is 35.2 Å². The van der Waals surface area contributed by atoms with Crippen molar-refractivity contribution >= 4 is 17.7 Å². The molecule has 0 unspecified atom stereocenters. The molecule has 1 aliphatic heterocycles. The third-order valence-corrected chi connectivity index (χ3v) is 5.75. The largest absolute Gasteiger partial charge is 0.341 e. The summed E-state index contributed by atoms with van der Waals surface area (Å²) in [6, 6.07) is 10.5. The van der Waals surface area contributed by atoms with Gasteiger partial charge in [0, 0.05) is 19.1 Å². The number of para-hydroxylation sites is 1. The molecule has 9 heteroatoms. The zero-order valence-corrected chi connectivity index (χ0v) is 15.2. The van der Waals surface area contributed by atoms with Crippen LogP contribution in [0.3, 0.4) is 0 Å². The van der Waals surface area contributed by atoms with Gasteiger partial charge in [-0.25, -0.2) is 0 Å². The number of thioether (sulfide) groups is 1. The van der Waals surface area contributed by atoms with Crippen LogP contribution in [0, 0.1) is 0 Å². The fraction of sp³-hybridized carbons (Fsp3) is 0.471. The molecule has 0 atom stereocenters. The number of hydrogen-bond donors (Lipinski definition) is 0. The topological polar surface area (TPSA) is 77.5 Å². The van der Waals surface area contributed by atoms with Crippen LogP contribution in [0.1, 0.15) is 37.5 Å². The maximum Gasteiger partial charge on any atom is 0.228 e. The Bertz CT molecular complexity index is 879. The second-order valence-electron chi connectivity index (χ2n) is 6.71. The Morgan fingerprint density at radius 3 is 2.58 bits per heavy atom. The third-order valence-electron chi connectivity index (χ3n) is 4.81. The van der Waals surface area contributed by atoms with Gasteiger partial charge in [0.15, 0.2) is 11.0 Å². The van der Waals surface area contributed by atoms with E-state index in [0.717, 1.165) is 35.7 Å². The fourth-order valence-corrected chi connectivity index (χ4v) is 4.25. The summed E-state index contributed by atoms with van der Waals surface area (Å²) in [6.45, 7) is 2.17. The number of nitrogens with zero attached hydrogens (tertiary/aromatic N) is 8. The van der Waals surface area contributed by atoms with E-state index in [-0.39, 0.29) is 0 Å². The van der Waals surface area contributed by atoms with E-state index in [1.165, 1.54) is 25.7 Å². The molecule has 5 rings (SSSR count). The summed E-state index contributed by atoms with van der Waals surface area (Å²) in [5.41, 5.74) is 0.967. The lowest BCUT2D eigenvalue weighted by molar-refractivity contribution is 0.651. The molecule has 1 saturated carbocycles. The van der Waals surface area contributed by atoms with Crippen LogP contribution in [-0.2, 0) is 5.75 Å². The summed E-state index contributed by atoms with van der Waals surface area (Å²) >= 11 is 1.66. The molecule has 0 radical (unpaired) electrons. The highest BCUT2D eigenvalue weighted by Gasteiger charge is 2.32. The smallest absolute Gasteiger partial charge is 0.228 e. The van der Waals surface area contributed by atoms with Crippen LogP contribution in [0.2, 0.25) is 0 Å². The highest BCUT2D eigenvalue weighted by molar-refractivity contribution is 7.98. The van der Waals surface area contributed by atoms with E-state index in [9.17, 15) is 0 Å². The summed E-state index contributed by atoms with van der Waals surface area (Å²) in [4.78, 5) is 2.36. The first-order valence-corrected chi connectivity index (χ1v) is 10.0. The van der Waals surface area contributed by atoms with Crippen molar-refractivity contribution in [2.24, 2.45) is 0 Å². The Labute approximate surface area is 155 Å². The van der Waals surface area contributed by atoms with E-state index < -0.39 is 0 Å². The molecule has 8 nitrogen and oxygen atoms in total. The van der Waals surface area contributed by atoms with Gasteiger partial charge >= 0.3 is 0 Å². The van der Waals surface area contributed by atoms with Crippen molar-refractivity contribution in [3.05, 3.63) is 36.2 Å². The number of rotatable bonds is 6. The summed E-state index contributed by atoms with van der Waals surface area (Å²) in [5.74, 6) is 2.51. The van der Waals surface area contributed by atoms with Crippen molar-refractivity contribution in [2.45, 2.75) is 42.6 Å². The Balaban J connectivity index is 1.37. The van der Waals surface area contributed by atoms with Gasteiger partial charge in [-0.15, -0.1) is 15.3 Å². The van der Waals surface area contributed by atoms with Crippen LogP contribution in [0.25, 0.3) is 5.69 Å². The van der Waals surface area contributed by atoms with Crippen LogP contribution in [0.5, 0.6) is 0 Å². The van der Waals surface area contributed by atoms with Crippen LogP contribution in [-0.4, -0.2) is 48.1 Å². The van der Waals surface area contributed by atoms with Crippen molar-refractivity contribution in [1.82, 2.24) is 35.0 Å². The quantitative estimate of drug-likeness (QED) is 0.619. The van der Waals surface area contributed by atoms with Gasteiger partial charge in [0.05, 0.1) is 11.4 Å². The molecule has 2 fully saturated rings. The molecular weight excluding hydrogens is 348 g/mol. The van der Waals surface area contributed by atoms with E-state index >= 15 is 0 Å². The Morgan fingerprint density at radius 1 is 1.00 bits per heavy atom. The highest BCUT2D eigenvalue weighted by Crippen LogP contribution is 2.41. The maximum atomic E-state index is 4.50. The number of tetrazole rings is 1. The Morgan fingerprint density at radius 2 is 1.81 bits per heavy atom. The second-order valence-corrected chi connectivity index (χ2v) is 7.65. The Hall–Kier alpha value is -2.42. The molecule has 26 heavy (non-hydrogen) atoms. The van der Waals surface area contributed by atoms with E-state index in [0.29, 0.717) is 11.8 Å². The molecule has 3 aromatic rings. The van der Waals surface area contributed by atoms with Crippen molar-refractivity contribution < 1.29 is 0 Å². The molecule has 0 spiro atoms. The zero-order chi connectivity index (χ0) is 17.3. The van der Waals surface area contributed by atoms with Crippen molar-refractivity contribution in [1.29, 1.82) is 0 Å². The van der Waals surface area contributed by atoms with Crippen LogP contribution < -0.4 is 4.90 Å². The van der Waals surface area contributed by atoms with Gasteiger partial charge in [-0.3, -0.25) is 4.57 Å². The van der Waals surface area contributed by atoms with Crippen molar-refractivity contribution in [3.63, 3.8) is 0 Å². The van der Waals surface area contributed by atoms with Gasteiger partial charge < -0.3 is 4.90 Å². The Kier molecular flexibility index (Phi) is 4.08. The summed E-state index contributed by atoms with van der Waals surface area (Å²) in [7, 11) is 0. The third kappa shape index (κ3) is 2.96. The van der Waals surface area contributed by atoms with Gasteiger partial charge in [-0.2, -0.15) is 4.68 Å². The molecule has 0 amide bonds. The van der Waals surface area contributed by atoms with Crippen molar-refractivity contribution in [2.75, 3.05) is 18.0 Å². The van der Waals surface area contributed by atoms with E-state index in [4.69, 9.17) is 0 Å².